The van der Waals surface area contributed by atoms with Crippen LogP contribution in [0.1, 0.15) is 0 Å². The molecule has 0 atom stereocenters. The second kappa shape index (κ2) is 5.85. The van der Waals surface area contributed by atoms with Gasteiger partial charge >= 0.3 is 0 Å². The van der Waals surface area contributed by atoms with Gasteiger partial charge in [-0.15, -0.1) is 0 Å². The summed E-state index contributed by atoms with van der Waals surface area (Å²) in [6.45, 7) is 0. The second-order valence-electron chi connectivity index (χ2n) is 3.49. The molecule has 0 aliphatic carbocycles. The second-order valence-corrected chi connectivity index (χ2v) is 6.56. The lowest BCUT2D eigenvalue weighted by atomic mass is 10.3. The number of carbonyl (C=O) groups is 1. The van der Waals surface area contributed by atoms with Gasteiger partial charge < -0.3 is 9.64 Å². The highest BCUT2D eigenvalue weighted by atomic mass is 35.5. The average Bonchev–Trinajstić information content (AvgIpc) is 2.28. The average molecular weight is 296 g/mol. The Bertz CT molecular complexity index is 393. The Morgan fingerprint density at radius 3 is 2.24 bits per heavy atom. The number of rotatable bonds is 4. The van der Waals surface area contributed by atoms with Crippen molar-refractivity contribution in [1.82, 2.24) is 4.90 Å². The molecule has 17 heavy (non-hydrogen) atoms. The van der Waals surface area contributed by atoms with Crippen LogP contribution in [0.2, 0.25) is 0 Å². The van der Waals surface area contributed by atoms with Gasteiger partial charge in [-0.25, -0.2) is 0 Å². The normalized spacial score (nSPS) is 11.1. The minimum Gasteiger partial charge on any atom is -0.497 e. The molecule has 1 amide bonds. The van der Waals surface area contributed by atoms with Crippen LogP contribution in [-0.2, 0) is 4.79 Å². The van der Waals surface area contributed by atoms with Crippen LogP contribution in [-0.4, -0.2) is 35.7 Å². The SMILES string of the molecule is COc1ccc(S[13C](Cl)(Cl)[13C](=O)N(C)C)cc1. The van der Waals surface area contributed by atoms with E-state index in [2.05, 4.69) is 0 Å². The first kappa shape index (κ1) is 14.5. The van der Waals surface area contributed by atoms with Gasteiger partial charge in [0.15, 0.2) is 0 Å². The molecule has 0 radical (unpaired) electrons. The molecule has 0 bridgehead atoms. The molecule has 0 aliphatic heterocycles. The standard InChI is InChI=1S/C11H13Cl2NO2S/c1-14(2)10(15)11(12,13)17-9-6-4-8(16-3)5-7-9/h4-7H,1-3H3/i10+1,11+1. The summed E-state index contributed by atoms with van der Waals surface area (Å²) in [5.74, 6) is 0.379. The molecule has 1 rings (SSSR count). The maximum absolute atomic E-state index is 11.7. The molecule has 0 aliphatic rings. The van der Waals surface area contributed by atoms with Crippen LogP contribution < -0.4 is 4.74 Å². The number of carbonyl (C=O) groups excluding carboxylic acids is 1. The molecule has 0 fully saturated rings. The van der Waals surface area contributed by atoms with E-state index in [1.165, 1.54) is 4.90 Å². The third-order valence-electron chi connectivity index (χ3n) is 1.96. The number of thioether (sulfide) groups is 1. The van der Waals surface area contributed by atoms with E-state index in [1.54, 1.807) is 45.5 Å². The Kier molecular flexibility index (Phi) is 4.98. The number of amides is 1. The summed E-state index contributed by atoms with van der Waals surface area (Å²) in [5, 5.41) is 0. The van der Waals surface area contributed by atoms with Gasteiger partial charge in [-0.05, 0) is 24.3 Å². The quantitative estimate of drug-likeness (QED) is 0.486. The molecule has 94 valence electrons. The number of nitrogens with zero attached hydrogens (tertiary/aromatic N) is 1. The summed E-state index contributed by atoms with van der Waals surface area (Å²) in [7, 11) is 4.80. The lowest BCUT2D eigenvalue weighted by Crippen LogP contribution is -2.35. The monoisotopic (exact) mass is 295 g/mol. The van der Waals surface area contributed by atoms with Crippen LogP contribution in [0.15, 0.2) is 29.2 Å². The Morgan fingerprint density at radius 2 is 1.82 bits per heavy atom. The van der Waals surface area contributed by atoms with Gasteiger partial charge in [0.25, 0.3) is 5.91 Å². The van der Waals surface area contributed by atoms with Crippen LogP contribution in [0.25, 0.3) is 0 Å². The summed E-state index contributed by atoms with van der Waals surface area (Å²) in [5.41, 5.74) is 0. The molecule has 6 heteroatoms. The first-order chi connectivity index (χ1) is 7.86. The zero-order valence-electron chi connectivity index (χ0n) is 9.74. The van der Waals surface area contributed by atoms with Crippen molar-refractivity contribution in [3.63, 3.8) is 0 Å². The van der Waals surface area contributed by atoms with E-state index in [0.717, 1.165) is 22.4 Å². The molecular weight excluding hydrogens is 283 g/mol. The van der Waals surface area contributed by atoms with E-state index in [9.17, 15) is 4.79 Å². The fourth-order valence-electron chi connectivity index (χ4n) is 1.10. The summed E-state index contributed by atoms with van der Waals surface area (Å²) in [6.07, 6.45) is 0. The maximum atomic E-state index is 11.7. The number of benzene rings is 1. The number of halogens is 2. The van der Waals surface area contributed by atoms with Crippen LogP contribution >= 0.6 is 35.0 Å². The highest BCUT2D eigenvalue weighted by molar-refractivity contribution is 8.04. The number of hydrogen-bond acceptors (Lipinski definition) is 3. The number of alkyl halides is 2. The van der Waals surface area contributed by atoms with Crippen LogP contribution in [0, 0.1) is 0 Å². The van der Waals surface area contributed by atoms with E-state index in [0.29, 0.717) is 0 Å². The van der Waals surface area contributed by atoms with Gasteiger partial charge in [0.1, 0.15) is 5.75 Å². The highest BCUT2D eigenvalue weighted by Crippen LogP contribution is 2.41. The molecule has 0 heterocycles. The van der Waals surface area contributed by atoms with Crippen molar-refractivity contribution in [1.29, 1.82) is 0 Å². The van der Waals surface area contributed by atoms with Crippen molar-refractivity contribution < 1.29 is 9.53 Å². The zero-order chi connectivity index (χ0) is 13.1. The zero-order valence-corrected chi connectivity index (χ0v) is 12.1. The molecule has 1 aromatic rings. The predicted molar refractivity (Wildman–Crippen MR) is 72.0 cm³/mol. The smallest absolute Gasteiger partial charge is 0.269 e. The summed E-state index contributed by atoms with van der Waals surface area (Å²) in [4.78, 5) is 13.9. The highest BCUT2D eigenvalue weighted by Gasteiger charge is 2.36. The largest absolute Gasteiger partial charge is 0.497 e. The lowest BCUT2D eigenvalue weighted by Gasteiger charge is -2.22. The molecular formula is C11H13Cl2NO2S. The van der Waals surface area contributed by atoms with Crippen molar-refractivity contribution in [2.24, 2.45) is 0 Å². The van der Waals surface area contributed by atoms with Gasteiger partial charge in [-0.2, -0.15) is 0 Å². The van der Waals surface area contributed by atoms with Gasteiger partial charge in [0.2, 0.25) is 3.67 Å². The van der Waals surface area contributed by atoms with Crippen molar-refractivity contribution >= 4 is 40.9 Å². The van der Waals surface area contributed by atoms with Crippen molar-refractivity contribution in [2.75, 3.05) is 21.2 Å². The topological polar surface area (TPSA) is 29.5 Å². The molecule has 0 N–H and O–H groups in total. The van der Waals surface area contributed by atoms with E-state index in [1.807, 2.05) is 0 Å². The van der Waals surface area contributed by atoms with Crippen molar-refractivity contribution in [2.45, 2.75) is 8.56 Å². The molecule has 1 aromatic carbocycles. The Balaban J connectivity index is 2.79. The molecule has 0 unspecified atom stereocenters. The maximum Gasteiger partial charge on any atom is 0.269 e. The Labute approximate surface area is 115 Å². The predicted octanol–water partition coefficient (Wildman–Crippen LogP) is 3.01. The van der Waals surface area contributed by atoms with Crippen LogP contribution in [0.5, 0.6) is 5.75 Å². The number of ether oxygens (including phenoxy) is 1. The summed E-state index contributed by atoms with van der Waals surface area (Å²) >= 11 is 13.1. The molecule has 0 spiro atoms. The fraction of sp³-hybridized carbons (Fsp3) is 0.364. The molecule has 0 aromatic heterocycles. The van der Waals surface area contributed by atoms with Gasteiger partial charge in [0.05, 0.1) is 7.11 Å². The van der Waals surface area contributed by atoms with E-state index in [-0.39, 0.29) is 5.91 Å². The van der Waals surface area contributed by atoms with Gasteiger partial charge in [-0.3, -0.25) is 4.79 Å². The van der Waals surface area contributed by atoms with Crippen LogP contribution in [0.4, 0.5) is 0 Å². The van der Waals surface area contributed by atoms with E-state index in [4.69, 9.17) is 27.9 Å². The van der Waals surface area contributed by atoms with E-state index < -0.39 is 3.67 Å². The third-order valence-corrected chi connectivity index (χ3v) is 3.69. The summed E-state index contributed by atoms with van der Waals surface area (Å²) < 4.78 is 3.52. The lowest BCUT2D eigenvalue weighted by molar-refractivity contribution is -0.127. The minimum absolute atomic E-state index is 0.360. The van der Waals surface area contributed by atoms with Crippen molar-refractivity contribution in [3.8, 4) is 5.75 Å². The first-order valence-corrected chi connectivity index (χ1v) is 6.36. The Hall–Kier alpha value is -0.580. The van der Waals surface area contributed by atoms with Gasteiger partial charge in [0, 0.05) is 19.0 Å². The fourth-order valence-corrected chi connectivity index (χ4v) is 2.81. The third kappa shape index (κ3) is 3.98. The molecule has 3 nitrogen and oxygen atoms in total. The minimum atomic E-state index is -1.52. The van der Waals surface area contributed by atoms with Gasteiger partial charge in [-0.1, -0.05) is 35.0 Å². The van der Waals surface area contributed by atoms with Crippen molar-refractivity contribution in [3.05, 3.63) is 24.3 Å². The van der Waals surface area contributed by atoms with Crippen LogP contribution in [0.3, 0.4) is 0 Å². The Morgan fingerprint density at radius 1 is 1.29 bits per heavy atom. The summed E-state index contributed by atoms with van der Waals surface area (Å²) in [6, 6.07) is 7.16. The first-order valence-electron chi connectivity index (χ1n) is 4.79. The number of methoxy groups -OCH3 is 1. The molecule has 0 saturated heterocycles. The van der Waals surface area contributed by atoms with E-state index >= 15 is 0 Å². The number of hydrogen-bond donors (Lipinski definition) is 0. The molecule has 0 saturated carbocycles.